The third-order valence-electron chi connectivity index (χ3n) is 6.14. The summed E-state index contributed by atoms with van der Waals surface area (Å²) in [7, 11) is 0. The van der Waals surface area contributed by atoms with Crippen LogP contribution in [0.15, 0.2) is 40.5 Å². The Morgan fingerprint density at radius 1 is 1.19 bits per heavy atom. The maximum absolute atomic E-state index is 9.55. The standard InChI is InChI=1S/C18H24ClN7OS.C4H4O4/c1-10-14(20)18(9-27-10)3-6-26(7-4-18)12-8-24-17(16(22)25-12)28-11-2-5-23-15(21)13(11)19;5-3(6)1-2-4(7)8/h2,5,8,10,14H,3-4,6-7,9,20H2,1H3,(H2,21,23)(H2,22,25);1-2H,(H,5,6)(H,7,8)/b;2-1+/t10-,14+;/m0./s1. The molecule has 4 rings (SSSR count). The van der Waals surface area contributed by atoms with Crippen molar-refractivity contribution in [2.45, 2.75) is 41.8 Å². The van der Waals surface area contributed by atoms with E-state index in [2.05, 4.69) is 26.8 Å². The van der Waals surface area contributed by atoms with Crippen LogP contribution in [-0.4, -0.2) is 68.9 Å². The van der Waals surface area contributed by atoms with Crippen LogP contribution in [0.25, 0.3) is 0 Å². The number of carbonyl (C=O) groups is 2. The Hall–Kier alpha value is -3.13. The zero-order valence-corrected chi connectivity index (χ0v) is 21.1. The SMILES string of the molecule is C[C@@H]1OCC2(CCN(c3cnc(Sc4ccnc(N)c4Cl)c(N)n3)CC2)[C@@H]1N.O=C(O)/C=C/C(=O)O. The number of pyridine rings is 1. The minimum absolute atomic E-state index is 0.0721. The number of halogens is 1. The Labute approximate surface area is 216 Å². The lowest BCUT2D eigenvalue weighted by molar-refractivity contribution is -0.134. The summed E-state index contributed by atoms with van der Waals surface area (Å²) in [6.07, 6.45) is 6.54. The number of carboxylic acid groups (broad SMARTS) is 2. The van der Waals surface area contributed by atoms with Crippen LogP contribution in [0.4, 0.5) is 17.5 Å². The van der Waals surface area contributed by atoms with Crippen molar-refractivity contribution in [3.63, 3.8) is 0 Å². The van der Waals surface area contributed by atoms with E-state index in [1.165, 1.54) is 11.8 Å². The maximum Gasteiger partial charge on any atom is 0.328 e. The van der Waals surface area contributed by atoms with Gasteiger partial charge in [-0.25, -0.2) is 24.5 Å². The van der Waals surface area contributed by atoms with Gasteiger partial charge in [0.2, 0.25) is 0 Å². The van der Waals surface area contributed by atoms with Crippen LogP contribution in [0.3, 0.4) is 0 Å². The zero-order chi connectivity index (χ0) is 26.5. The van der Waals surface area contributed by atoms with Crippen molar-refractivity contribution in [3.8, 4) is 0 Å². The minimum Gasteiger partial charge on any atom is -0.478 e. The third-order valence-corrected chi connectivity index (χ3v) is 7.71. The molecule has 0 unspecified atom stereocenters. The molecule has 2 aliphatic rings. The molecule has 12 nitrogen and oxygen atoms in total. The number of carboxylic acids is 2. The molecular weight excluding hydrogens is 510 g/mol. The Bertz CT molecular complexity index is 1130. The molecule has 0 saturated carbocycles. The maximum atomic E-state index is 9.55. The van der Waals surface area contributed by atoms with Gasteiger partial charge in [-0.2, -0.15) is 0 Å². The van der Waals surface area contributed by atoms with Gasteiger partial charge in [0.25, 0.3) is 0 Å². The average molecular weight is 538 g/mol. The molecule has 8 N–H and O–H groups in total. The number of anilines is 3. The van der Waals surface area contributed by atoms with E-state index in [0.717, 1.165) is 43.3 Å². The van der Waals surface area contributed by atoms with Gasteiger partial charge in [0, 0.05) is 47.8 Å². The molecule has 36 heavy (non-hydrogen) atoms. The molecule has 2 aromatic rings. The number of nitrogens with two attached hydrogens (primary N) is 3. The molecule has 2 fully saturated rings. The summed E-state index contributed by atoms with van der Waals surface area (Å²) in [5.74, 6) is -1.10. The van der Waals surface area contributed by atoms with E-state index in [9.17, 15) is 9.59 Å². The summed E-state index contributed by atoms with van der Waals surface area (Å²) in [5, 5.41) is 16.6. The lowest BCUT2D eigenvalue weighted by Gasteiger charge is -2.41. The molecule has 14 heteroatoms. The number of rotatable bonds is 5. The second-order valence-corrected chi connectivity index (χ2v) is 9.84. The molecule has 0 aromatic carbocycles. The second kappa shape index (κ2) is 11.7. The van der Waals surface area contributed by atoms with E-state index >= 15 is 0 Å². The molecule has 194 valence electrons. The van der Waals surface area contributed by atoms with Crippen LogP contribution in [0.1, 0.15) is 19.8 Å². The second-order valence-electron chi connectivity index (χ2n) is 8.43. The quantitative estimate of drug-likeness (QED) is 0.346. The molecule has 2 saturated heterocycles. The number of piperidine rings is 1. The number of ether oxygens (including phenoxy) is 1. The molecule has 1 spiro atoms. The van der Waals surface area contributed by atoms with Crippen molar-refractivity contribution >= 4 is 52.8 Å². The Morgan fingerprint density at radius 3 is 2.36 bits per heavy atom. The van der Waals surface area contributed by atoms with Gasteiger partial charge in [0.1, 0.15) is 16.7 Å². The van der Waals surface area contributed by atoms with Gasteiger partial charge >= 0.3 is 11.9 Å². The number of hydrogen-bond donors (Lipinski definition) is 5. The summed E-state index contributed by atoms with van der Waals surface area (Å²) >= 11 is 7.53. The summed E-state index contributed by atoms with van der Waals surface area (Å²) in [5.41, 5.74) is 18.4. The van der Waals surface area contributed by atoms with E-state index in [1.807, 2.05) is 0 Å². The number of nitrogen functional groups attached to an aromatic ring is 2. The molecule has 2 atom stereocenters. The minimum atomic E-state index is -1.26. The van der Waals surface area contributed by atoms with Gasteiger partial charge in [0.05, 0.1) is 23.9 Å². The number of aliphatic carboxylic acids is 2. The largest absolute Gasteiger partial charge is 0.478 e. The summed E-state index contributed by atoms with van der Waals surface area (Å²) in [4.78, 5) is 35.1. The third kappa shape index (κ3) is 6.55. The predicted molar refractivity (Wildman–Crippen MR) is 136 cm³/mol. The van der Waals surface area contributed by atoms with E-state index in [0.29, 0.717) is 28.0 Å². The fourth-order valence-electron chi connectivity index (χ4n) is 4.03. The molecule has 2 aliphatic heterocycles. The Kier molecular flexibility index (Phi) is 8.95. The van der Waals surface area contributed by atoms with Gasteiger partial charge in [-0.05, 0) is 25.8 Å². The van der Waals surface area contributed by atoms with Crippen LogP contribution in [-0.2, 0) is 14.3 Å². The fraction of sp³-hybridized carbons (Fsp3) is 0.409. The highest BCUT2D eigenvalue weighted by molar-refractivity contribution is 7.99. The number of nitrogens with zero attached hydrogens (tertiary/aromatic N) is 4. The van der Waals surface area contributed by atoms with Crippen molar-refractivity contribution in [2.75, 3.05) is 36.1 Å². The highest BCUT2D eigenvalue weighted by atomic mass is 35.5. The molecular formula is C22H28ClN7O5S. The molecule has 0 amide bonds. The molecule has 0 aliphatic carbocycles. The van der Waals surface area contributed by atoms with Gasteiger partial charge in [-0.15, -0.1) is 0 Å². The van der Waals surface area contributed by atoms with Crippen molar-refractivity contribution < 1.29 is 24.5 Å². The molecule has 2 aromatic heterocycles. The topological polar surface area (TPSA) is 204 Å². The van der Waals surface area contributed by atoms with Gasteiger partial charge in [-0.1, -0.05) is 23.4 Å². The summed E-state index contributed by atoms with van der Waals surface area (Å²) < 4.78 is 5.79. The Morgan fingerprint density at radius 2 is 1.83 bits per heavy atom. The van der Waals surface area contributed by atoms with E-state index in [1.54, 1.807) is 18.5 Å². The van der Waals surface area contributed by atoms with E-state index < -0.39 is 11.9 Å². The highest BCUT2D eigenvalue weighted by Gasteiger charge is 2.47. The number of hydrogen-bond acceptors (Lipinski definition) is 11. The lowest BCUT2D eigenvalue weighted by Crippen LogP contribution is -2.50. The number of aromatic nitrogens is 3. The molecule has 0 bridgehead atoms. The van der Waals surface area contributed by atoms with Gasteiger partial charge in [0.15, 0.2) is 5.82 Å². The smallest absolute Gasteiger partial charge is 0.328 e. The first-order chi connectivity index (χ1) is 17.0. The fourth-order valence-corrected chi connectivity index (χ4v) is 5.05. The molecule has 4 heterocycles. The van der Waals surface area contributed by atoms with Crippen molar-refractivity contribution in [1.29, 1.82) is 0 Å². The first kappa shape index (κ1) is 27.5. The summed E-state index contributed by atoms with van der Waals surface area (Å²) in [6, 6.07) is 1.86. The lowest BCUT2D eigenvalue weighted by atomic mass is 9.73. The summed E-state index contributed by atoms with van der Waals surface area (Å²) in [6.45, 7) is 4.51. The van der Waals surface area contributed by atoms with E-state index in [4.69, 9.17) is 43.8 Å². The zero-order valence-electron chi connectivity index (χ0n) is 19.5. The predicted octanol–water partition coefficient (Wildman–Crippen LogP) is 1.89. The van der Waals surface area contributed by atoms with Crippen molar-refractivity contribution in [2.24, 2.45) is 11.1 Å². The highest BCUT2D eigenvalue weighted by Crippen LogP contribution is 2.42. The van der Waals surface area contributed by atoms with Crippen molar-refractivity contribution in [1.82, 2.24) is 15.0 Å². The first-order valence-corrected chi connectivity index (χ1v) is 12.2. The molecule has 0 radical (unpaired) electrons. The van der Waals surface area contributed by atoms with E-state index in [-0.39, 0.29) is 23.4 Å². The Balaban J connectivity index is 0.000000392. The van der Waals surface area contributed by atoms with Crippen LogP contribution in [0.2, 0.25) is 5.02 Å². The average Bonchev–Trinajstić information content (AvgIpc) is 3.11. The van der Waals surface area contributed by atoms with Crippen LogP contribution in [0, 0.1) is 5.41 Å². The van der Waals surface area contributed by atoms with Gasteiger partial charge < -0.3 is 37.1 Å². The first-order valence-electron chi connectivity index (χ1n) is 11.0. The van der Waals surface area contributed by atoms with Crippen LogP contribution < -0.4 is 22.1 Å². The van der Waals surface area contributed by atoms with Crippen LogP contribution >= 0.6 is 23.4 Å². The monoisotopic (exact) mass is 537 g/mol. The van der Waals surface area contributed by atoms with Crippen LogP contribution in [0.5, 0.6) is 0 Å². The van der Waals surface area contributed by atoms with Gasteiger partial charge in [-0.3, -0.25) is 0 Å². The normalized spacial score (nSPS) is 20.8. The van der Waals surface area contributed by atoms with Crippen molar-refractivity contribution in [3.05, 3.63) is 35.6 Å².